The Balaban J connectivity index is 2.52. The van der Waals surface area contributed by atoms with Gasteiger partial charge in [0.05, 0.1) is 7.11 Å². The monoisotopic (exact) mass is 211 g/mol. The molecule has 0 saturated carbocycles. The summed E-state index contributed by atoms with van der Waals surface area (Å²) in [5.41, 5.74) is 0.704. The molecular weight excluding hydrogens is 202 g/mol. The number of rotatable bonds is 1. The van der Waals surface area contributed by atoms with Gasteiger partial charge in [-0.3, -0.25) is 0 Å². The van der Waals surface area contributed by atoms with Gasteiger partial charge in [0.2, 0.25) is 0 Å². The molecule has 0 atom stereocenters. The highest BCUT2D eigenvalue weighted by molar-refractivity contribution is 6.05. The van der Waals surface area contributed by atoms with E-state index >= 15 is 0 Å². The summed E-state index contributed by atoms with van der Waals surface area (Å²) in [5, 5.41) is 2.98. The Hall–Kier alpha value is -2.23. The summed E-state index contributed by atoms with van der Waals surface area (Å²) in [6.45, 7) is 0. The van der Waals surface area contributed by atoms with Crippen LogP contribution in [-0.2, 0) is 0 Å². The third kappa shape index (κ3) is 1.20. The smallest absolute Gasteiger partial charge is 0.163 e. The number of hydrogen-bond donors (Lipinski definition) is 0. The summed E-state index contributed by atoms with van der Waals surface area (Å²) in [7, 11) is 1.65. The van der Waals surface area contributed by atoms with Crippen molar-refractivity contribution in [2.45, 2.75) is 0 Å². The van der Waals surface area contributed by atoms with E-state index in [-0.39, 0.29) is 0 Å². The van der Waals surface area contributed by atoms with Crippen LogP contribution in [-0.4, -0.2) is 22.1 Å². The fourth-order valence-corrected chi connectivity index (χ4v) is 1.83. The Kier molecular flexibility index (Phi) is 1.93. The lowest BCUT2D eigenvalue weighted by atomic mass is 10.1. The first-order valence-electron chi connectivity index (χ1n) is 4.91. The van der Waals surface area contributed by atoms with Gasteiger partial charge in [0, 0.05) is 23.2 Å². The molecule has 3 aromatic rings. The second-order valence-electron chi connectivity index (χ2n) is 3.44. The normalized spacial score (nSPS) is 10.8. The Morgan fingerprint density at radius 1 is 1.00 bits per heavy atom. The maximum atomic E-state index is 5.30. The Morgan fingerprint density at radius 3 is 2.81 bits per heavy atom. The third-order valence-electron chi connectivity index (χ3n) is 2.58. The number of methoxy groups -OCH3 is 1. The minimum absolute atomic E-state index is 0.704. The molecule has 3 rings (SSSR count). The Labute approximate surface area is 91.9 Å². The van der Waals surface area contributed by atoms with Crippen molar-refractivity contribution in [3.63, 3.8) is 0 Å². The van der Waals surface area contributed by atoms with Crippen LogP contribution in [0, 0.1) is 0 Å². The molecular formula is C12H9N3O. The van der Waals surface area contributed by atoms with Crippen LogP contribution in [0.4, 0.5) is 0 Å². The summed E-state index contributed by atoms with van der Waals surface area (Å²) < 4.78 is 5.30. The highest BCUT2D eigenvalue weighted by Crippen LogP contribution is 2.28. The molecule has 4 heteroatoms. The number of benzene rings is 1. The van der Waals surface area contributed by atoms with Crippen molar-refractivity contribution in [2.75, 3.05) is 7.11 Å². The SMILES string of the molecule is COc1cccc2c1cnc1ncncc12. The average Bonchev–Trinajstić information content (AvgIpc) is 2.37. The molecule has 2 aromatic heterocycles. The predicted octanol–water partition coefficient (Wildman–Crippen LogP) is 2.19. The van der Waals surface area contributed by atoms with Crippen molar-refractivity contribution in [2.24, 2.45) is 0 Å². The minimum atomic E-state index is 0.704. The fourth-order valence-electron chi connectivity index (χ4n) is 1.83. The summed E-state index contributed by atoms with van der Waals surface area (Å²) in [5.74, 6) is 0.816. The quantitative estimate of drug-likeness (QED) is 0.579. The fraction of sp³-hybridized carbons (Fsp3) is 0.0833. The van der Waals surface area contributed by atoms with Gasteiger partial charge in [-0.05, 0) is 11.5 Å². The largest absolute Gasteiger partial charge is 0.496 e. The molecule has 0 spiro atoms. The lowest BCUT2D eigenvalue weighted by Gasteiger charge is -2.06. The molecule has 0 N–H and O–H groups in total. The molecule has 0 radical (unpaired) electrons. The maximum absolute atomic E-state index is 5.30. The number of pyridine rings is 1. The van der Waals surface area contributed by atoms with Crippen molar-refractivity contribution in [1.82, 2.24) is 15.0 Å². The molecule has 0 aliphatic carbocycles. The predicted molar refractivity (Wildman–Crippen MR) is 61.4 cm³/mol. The second kappa shape index (κ2) is 3.41. The number of hydrogen-bond acceptors (Lipinski definition) is 4. The first kappa shape index (κ1) is 9.03. The van der Waals surface area contributed by atoms with Crippen molar-refractivity contribution in [3.8, 4) is 5.75 Å². The summed E-state index contributed by atoms with van der Waals surface area (Å²) >= 11 is 0. The third-order valence-corrected chi connectivity index (χ3v) is 2.58. The molecule has 1 aromatic carbocycles. The van der Waals surface area contributed by atoms with Crippen LogP contribution in [0.1, 0.15) is 0 Å². The number of ether oxygens (including phenoxy) is 1. The van der Waals surface area contributed by atoms with Crippen LogP contribution in [0.25, 0.3) is 21.8 Å². The Morgan fingerprint density at radius 2 is 1.94 bits per heavy atom. The van der Waals surface area contributed by atoms with Crippen molar-refractivity contribution >= 4 is 21.8 Å². The van der Waals surface area contributed by atoms with E-state index in [0.29, 0.717) is 5.65 Å². The van der Waals surface area contributed by atoms with E-state index in [9.17, 15) is 0 Å². The van der Waals surface area contributed by atoms with Crippen molar-refractivity contribution in [1.29, 1.82) is 0 Å². The van der Waals surface area contributed by atoms with Crippen molar-refractivity contribution in [3.05, 3.63) is 36.9 Å². The van der Waals surface area contributed by atoms with E-state index in [1.54, 1.807) is 19.5 Å². The summed E-state index contributed by atoms with van der Waals surface area (Å²) in [6, 6.07) is 5.89. The zero-order chi connectivity index (χ0) is 11.0. The van der Waals surface area contributed by atoms with Gasteiger partial charge in [-0.15, -0.1) is 0 Å². The lowest BCUT2D eigenvalue weighted by molar-refractivity contribution is 0.420. The van der Waals surface area contributed by atoms with Gasteiger partial charge in [-0.25, -0.2) is 15.0 Å². The highest BCUT2D eigenvalue weighted by Gasteiger charge is 2.05. The number of fused-ring (bicyclic) bond motifs is 3. The maximum Gasteiger partial charge on any atom is 0.163 e. The van der Waals surface area contributed by atoms with E-state index in [4.69, 9.17) is 4.74 Å². The average molecular weight is 211 g/mol. The first-order chi connectivity index (χ1) is 7.90. The van der Waals surface area contributed by atoms with Gasteiger partial charge in [-0.1, -0.05) is 12.1 Å². The highest BCUT2D eigenvalue weighted by atomic mass is 16.5. The molecule has 0 fully saturated rings. The Bertz CT molecular complexity index is 667. The van der Waals surface area contributed by atoms with Gasteiger partial charge in [0.15, 0.2) is 5.65 Å². The summed E-state index contributed by atoms with van der Waals surface area (Å²) in [4.78, 5) is 12.4. The van der Waals surface area contributed by atoms with Crippen molar-refractivity contribution < 1.29 is 4.74 Å². The van der Waals surface area contributed by atoms with Gasteiger partial charge in [0.25, 0.3) is 0 Å². The first-order valence-corrected chi connectivity index (χ1v) is 4.91. The van der Waals surface area contributed by atoms with E-state index in [2.05, 4.69) is 15.0 Å². The van der Waals surface area contributed by atoms with Gasteiger partial charge >= 0.3 is 0 Å². The van der Waals surface area contributed by atoms with Crippen LogP contribution in [0.2, 0.25) is 0 Å². The van der Waals surface area contributed by atoms with E-state index in [0.717, 1.165) is 21.9 Å². The second-order valence-corrected chi connectivity index (χ2v) is 3.44. The van der Waals surface area contributed by atoms with Gasteiger partial charge in [-0.2, -0.15) is 0 Å². The van der Waals surface area contributed by atoms with E-state index in [1.165, 1.54) is 6.33 Å². The standard InChI is InChI=1S/C12H9N3O/c1-16-11-4-2-3-8-9(11)6-14-12-10(8)5-13-7-15-12/h2-7H,1H3. The number of nitrogens with zero attached hydrogens (tertiary/aromatic N) is 3. The van der Waals surface area contributed by atoms with Crippen LogP contribution in [0.15, 0.2) is 36.9 Å². The molecule has 0 aliphatic rings. The van der Waals surface area contributed by atoms with Crippen LogP contribution >= 0.6 is 0 Å². The molecule has 78 valence electrons. The van der Waals surface area contributed by atoms with Gasteiger partial charge < -0.3 is 4.74 Å². The molecule has 4 nitrogen and oxygen atoms in total. The lowest BCUT2D eigenvalue weighted by Crippen LogP contribution is -1.89. The van der Waals surface area contributed by atoms with E-state index < -0.39 is 0 Å². The molecule has 0 bridgehead atoms. The zero-order valence-electron chi connectivity index (χ0n) is 8.71. The topological polar surface area (TPSA) is 47.9 Å². The molecule has 0 amide bonds. The molecule has 16 heavy (non-hydrogen) atoms. The summed E-state index contributed by atoms with van der Waals surface area (Å²) in [6.07, 6.45) is 5.06. The molecule has 0 saturated heterocycles. The van der Waals surface area contributed by atoms with E-state index in [1.807, 2.05) is 18.2 Å². The van der Waals surface area contributed by atoms with Gasteiger partial charge in [0.1, 0.15) is 12.1 Å². The van der Waals surface area contributed by atoms with Crippen LogP contribution in [0.5, 0.6) is 5.75 Å². The minimum Gasteiger partial charge on any atom is -0.496 e. The molecule has 0 unspecified atom stereocenters. The van der Waals surface area contributed by atoms with Crippen LogP contribution in [0.3, 0.4) is 0 Å². The van der Waals surface area contributed by atoms with Crippen LogP contribution < -0.4 is 4.74 Å². The number of aromatic nitrogens is 3. The zero-order valence-corrected chi connectivity index (χ0v) is 8.71. The molecule has 2 heterocycles. The molecule has 0 aliphatic heterocycles.